The summed E-state index contributed by atoms with van der Waals surface area (Å²) < 4.78 is 44.8. The van der Waals surface area contributed by atoms with Crippen molar-refractivity contribution in [1.82, 2.24) is 10.0 Å². The zero-order valence-corrected chi connectivity index (χ0v) is 15.1. The van der Waals surface area contributed by atoms with E-state index in [4.69, 9.17) is 4.74 Å². The van der Waals surface area contributed by atoms with E-state index < -0.39 is 15.8 Å². The molecule has 1 aromatic rings. The minimum atomic E-state index is -3.63. The van der Waals surface area contributed by atoms with E-state index >= 15 is 0 Å². The van der Waals surface area contributed by atoms with Gasteiger partial charge in [-0.25, -0.2) is 17.5 Å². The van der Waals surface area contributed by atoms with Crippen molar-refractivity contribution in [1.29, 1.82) is 0 Å². The van der Waals surface area contributed by atoms with Gasteiger partial charge in [-0.05, 0) is 55.9 Å². The minimum absolute atomic E-state index is 0.0122. The molecule has 8 heteroatoms. The number of hydrogen-bond donors (Lipinski definition) is 2. The Bertz CT molecular complexity index is 656. The molecule has 1 amide bonds. The highest BCUT2D eigenvalue weighted by molar-refractivity contribution is 7.89. The van der Waals surface area contributed by atoms with E-state index in [1.807, 2.05) is 0 Å². The largest absolute Gasteiger partial charge is 0.383 e. The summed E-state index contributed by atoms with van der Waals surface area (Å²) >= 11 is 0. The van der Waals surface area contributed by atoms with Gasteiger partial charge in [-0.1, -0.05) is 0 Å². The predicted octanol–water partition coefficient (Wildman–Crippen LogP) is 1.67. The molecular formula is C17H25FN2O4S. The first-order chi connectivity index (χ1) is 11.9. The highest BCUT2D eigenvalue weighted by atomic mass is 32.2. The second kappa shape index (κ2) is 9.26. The van der Waals surface area contributed by atoms with Gasteiger partial charge in [0.25, 0.3) is 0 Å². The Morgan fingerprint density at radius 2 is 1.84 bits per heavy atom. The molecule has 1 aliphatic rings. The van der Waals surface area contributed by atoms with Crippen LogP contribution >= 0.6 is 0 Å². The van der Waals surface area contributed by atoms with Gasteiger partial charge in [0.1, 0.15) is 5.82 Å². The number of hydrogen-bond acceptors (Lipinski definition) is 4. The lowest BCUT2D eigenvalue weighted by atomic mass is 9.81. The van der Waals surface area contributed by atoms with Crippen LogP contribution in [0.25, 0.3) is 0 Å². The van der Waals surface area contributed by atoms with Gasteiger partial charge in [0, 0.05) is 26.1 Å². The van der Waals surface area contributed by atoms with Crippen molar-refractivity contribution in [3.8, 4) is 0 Å². The summed E-state index contributed by atoms with van der Waals surface area (Å²) in [5, 5.41) is 2.84. The number of methoxy groups -OCH3 is 1. The third-order valence-electron chi connectivity index (χ3n) is 4.51. The fraction of sp³-hybridized carbons (Fsp3) is 0.588. The van der Waals surface area contributed by atoms with Crippen LogP contribution in [0.3, 0.4) is 0 Å². The highest BCUT2D eigenvalue weighted by Gasteiger charge is 2.27. The fourth-order valence-electron chi connectivity index (χ4n) is 2.97. The van der Waals surface area contributed by atoms with Gasteiger partial charge in [0.2, 0.25) is 15.9 Å². The Labute approximate surface area is 148 Å². The Morgan fingerprint density at radius 1 is 1.20 bits per heavy atom. The number of rotatable bonds is 8. The number of carbonyl (C=O) groups is 1. The first-order valence-electron chi connectivity index (χ1n) is 8.44. The van der Waals surface area contributed by atoms with Gasteiger partial charge in [0.15, 0.2) is 0 Å². The Hall–Kier alpha value is -1.51. The van der Waals surface area contributed by atoms with Crippen molar-refractivity contribution >= 4 is 15.9 Å². The van der Waals surface area contributed by atoms with Crippen LogP contribution in [0.5, 0.6) is 0 Å². The molecular weight excluding hydrogens is 347 g/mol. The Morgan fingerprint density at radius 3 is 2.44 bits per heavy atom. The second-order valence-corrected chi connectivity index (χ2v) is 8.07. The molecule has 0 aliphatic heterocycles. The average Bonchev–Trinajstić information content (AvgIpc) is 2.61. The highest BCUT2D eigenvalue weighted by Crippen LogP contribution is 2.28. The second-order valence-electron chi connectivity index (χ2n) is 6.31. The Balaban J connectivity index is 1.76. The summed E-state index contributed by atoms with van der Waals surface area (Å²) in [5.74, 6) is -0.233. The number of nitrogens with one attached hydrogen (secondary N) is 2. The summed E-state index contributed by atoms with van der Waals surface area (Å²) in [4.78, 5) is 12.1. The maximum atomic E-state index is 12.9. The first-order valence-corrected chi connectivity index (χ1v) is 9.92. The molecule has 0 spiro atoms. The molecule has 2 rings (SSSR count). The number of ether oxygens (including phenoxy) is 1. The van der Waals surface area contributed by atoms with Crippen molar-refractivity contribution in [2.75, 3.05) is 26.8 Å². The zero-order chi connectivity index (χ0) is 18.3. The third kappa shape index (κ3) is 6.05. The molecule has 0 saturated heterocycles. The fourth-order valence-corrected chi connectivity index (χ4v) is 4.09. The van der Waals surface area contributed by atoms with Crippen LogP contribution < -0.4 is 10.0 Å². The number of carbonyl (C=O) groups excluding carboxylic acids is 1. The van der Waals surface area contributed by atoms with Crippen LogP contribution in [0.15, 0.2) is 29.2 Å². The van der Waals surface area contributed by atoms with Gasteiger partial charge in [-0.3, -0.25) is 4.79 Å². The van der Waals surface area contributed by atoms with E-state index in [0.717, 1.165) is 37.8 Å². The lowest BCUT2D eigenvalue weighted by Crippen LogP contribution is -2.37. The first kappa shape index (κ1) is 19.8. The van der Waals surface area contributed by atoms with Crippen LogP contribution in [0.4, 0.5) is 4.39 Å². The third-order valence-corrected chi connectivity index (χ3v) is 5.95. The summed E-state index contributed by atoms with van der Waals surface area (Å²) in [6.07, 6.45) is 3.10. The smallest absolute Gasteiger partial charge is 0.240 e. The van der Waals surface area contributed by atoms with E-state index in [2.05, 4.69) is 10.0 Å². The molecule has 0 aromatic heterocycles. The van der Waals surface area contributed by atoms with Gasteiger partial charge >= 0.3 is 0 Å². The van der Waals surface area contributed by atoms with Gasteiger partial charge in [-0.2, -0.15) is 0 Å². The molecule has 1 aliphatic carbocycles. The molecule has 0 unspecified atom stereocenters. The minimum Gasteiger partial charge on any atom is -0.383 e. The summed E-state index contributed by atoms with van der Waals surface area (Å²) in [6.45, 7) is 1.33. The van der Waals surface area contributed by atoms with Crippen LogP contribution in [-0.4, -0.2) is 41.1 Å². The summed E-state index contributed by atoms with van der Waals surface area (Å²) in [5.41, 5.74) is 0. The molecule has 6 nitrogen and oxygen atoms in total. The van der Waals surface area contributed by atoms with Crippen LogP contribution in [-0.2, 0) is 19.6 Å². The molecule has 0 radical (unpaired) electrons. The van der Waals surface area contributed by atoms with E-state index in [1.54, 1.807) is 7.11 Å². The van der Waals surface area contributed by atoms with Gasteiger partial charge in [-0.15, -0.1) is 0 Å². The standard InChI is InChI=1S/C17H25FN2O4S/c1-24-11-10-19-17(21)14-4-2-13(3-5-14)12-20-25(22,23)16-8-6-15(18)7-9-16/h6-9,13-14,20H,2-5,10-12H2,1H3,(H,19,21). The van der Waals surface area contributed by atoms with E-state index in [0.29, 0.717) is 19.7 Å². The molecule has 140 valence electrons. The van der Waals surface area contributed by atoms with Crippen LogP contribution in [0.2, 0.25) is 0 Å². The lowest BCUT2D eigenvalue weighted by Gasteiger charge is -2.27. The van der Waals surface area contributed by atoms with Gasteiger partial charge in [0.05, 0.1) is 11.5 Å². The normalized spacial score (nSPS) is 21.0. The van der Waals surface area contributed by atoms with Crippen molar-refractivity contribution < 1.29 is 22.3 Å². The van der Waals surface area contributed by atoms with E-state index in [1.165, 1.54) is 12.1 Å². The zero-order valence-electron chi connectivity index (χ0n) is 14.3. The molecule has 1 aromatic carbocycles. The molecule has 0 heterocycles. The van der Waals surface area contributed by atoms with Crippen LogP contribution in [0.1, 0.15) is 25.7 Å². The monoisotopic (exact) mass is 372 g/mol. The summed E-state index contributed by atoms with van der Waals surface area (Å²) in [7, 11) is -2.04. The average molecular weight is 372 g/mol. The quantitative estimate of drug-likeness (QED) is 0.680. The van der Waals surface area contributed by atoms with E-state index in [-0.39, 0.29) is 22.6 Å². The van der Waals surface area contributed by atoms with Gasteiger partial charge < -0.3 is 10.1 Å². The maximum absolute atomic E-state index is 12.9. The number of benzene rings is 1. The number of sulfonamides is 1. The lowest BCUT2D eigenvalue weighted by molar-refractivity contribution is -0.126. The van der Waals surface area contributed by atoms with Crippen molar-refractivity contribution in [2.45, 2.75) is 30.6 Å². The SMILES string of the molecule is COCCNC(=O)C1CCC(CNS(=O)(=O)c2ccc(F)cc2)CC1. The summed E-state index contributed by atoms with van der Waals surface area (Å²) in [6, 6.07) is 4.75. The topological polar surface area (TPSA) is 84.5 Å². The number of halogens is 1. The molecule has 1 fully saturated rings. The molecule has 25 heavy (non-hydrogen) atoms. The maximum Gasteiger partial charge on any atom is 0.240 e. The van der Waals surface area contributed by atoms with E-state index in [9.17, 15) is 17.6 Å². The van der Waals surface area contributed by atoms with Crippen molar-refractivity contribution in [2.24, 2.45) is 11.8 Å². The predicted molar refractivity (Wildman–Crippen MR) is 91.9 cm³/mol. The molecule has 0 bridgehead atoms. The molecule has 2 N–H and O–H groups in total. The Kier molecular flexibility index (Phi) is 7.34. The number of amides is 1. The van der Waals surface area contributed by atoms with Crippen LogP contribution in [0, 0.1) is 17.7 Å². The van der Waals surface area contributed by atoms with Crippen molar-refractivity contribution in [3.05, 3.63) is 30.1 Å². The van der Waals surface area contributed by atoms with Crippen molar-refractivity contribution in [3.63, 3.8) is 0 Å². The molecule has 0 atom stereocenters. The molecule has 1 saturated carbocycles.